The summed E-state index contributed by atoms with van der Waals surface area (Å²) in [5, 5.41) is 17.1. The lowest BCUT2D eigenvalue weighted by molar-refractivity contribution is -0.385. The van der Waals surface area contributed by atoms with E-state index in [1.165, 1.54) is 50.7 Å². The first kappa shape index (κ1) is 18.2. The Morgan fingerprint density at radius 2 is 1.88 bits per heavy atom. The van der Waals surface area contributed by atoms with Gasteiger partial charge in [0, 0.05) is 25.2 Å². The molecule has 0 bridgehead atoms. The molecule has 1 saturated carbocycles. The van der Waals surface area contributed by atoms with Crippen molar-refractivity contribution in [2.45, 2.75) is 44.6 Å². The second-order valence-corrected chi connectivity index (χ2v) is 6.01. The van der Waals surface area contributed by atoms with Crippen LogP contribution in [0.25, 0.3) is 0 Å². The molecule has 0 saturated heterocycles. The van der Waals surface area contributed by atoms with Gasteiger partial charge in [-0.25, -0.2) is 0 Å². The number of benzene rings is 1. The number of nitrogens with one attached hydrogen (secondary N) is 2. The van der Waals surface area contributed by atoms with Crippen LogP contribution in [0.5, 0.6) is 5.75 Å². The van der Waals surface area contributed by atoms with E-state index in [1.54, 1.807) is 12.1 Å². The topological polar surface area (TPSA) is 93.5 Å². The Hall–Kier alpha value is -2.15. The van der Waals surface area contributed by atoms with Gasteiger partial charge in [-0.3, -0.25) is 14.9 Å². The van der Waals surface area contributed by atoms with Gasteiger partial charge in [0.15, 0.2) is 12.4 Å². The van der Waals surface area contributed by atoms with Gasteiger partial charge in [-0.05, 0) is 18.9 Å². The zero-order chi connectivity index (χ0) is 17.2. The summed E-state index contributed by atoms with van der Waals surface area (Å²) in [6, 6.07) is 6.58. The summed E-state index contributed by atoms with van der Waals surface area (Å²) in [6.45, 7) is 1.02. The van der Waals surface area contributed by atoms with Gasteiger partial charge in [0.1, 0.15) is 0 Å². The third-order valence-corrected chi connectivity index (χ3v) is 4.16. The van der Waals surface area contributed by atoms with Gasteiger partial charge in [-0.2, -0.15) is 0 Å². The van der Waals surface area contributed by atoms with Gasteiger partial charge < -0.3 is 15.4 Å². The first-order valence-corrected chi connectivity index (χ1v) is 8.53. The highest BCUT2D eigenvalue weighted by Crippen LogP contribution is 2.25. The quantitative estimate of drug-likeness (QED) is 0.329. The van der Waals surface area contributed by atoms with Crippen molar-refractivity contribution in [3.05, 3.63) is 34.4 Å². The summed E-state index contributed by atoms with van der Waals surface area (Å²) in [4.78, 5) is 22.1. The number of nitrogens with zero attached hydrogens (tertiary/aromatic N) is 1. The van der Waals surface area contributed by atoms with Gasteiger partial charge >= 0.3 is 5.69 Å². The van der Waals surface area contributed by atoms with E-state index in [9.17, 15) is 14.9 Å². The number of carbonyl (C=O) groups excluding carboxylic acids is 1. The molecule has 0 radical (unpaired) electrons. The van der Waals surface area contributed by atoms with Crippen LogP contribution in [0.3, 0.4) is 0 Å². The highest BCUT2D eigenvalue weighted by molar-refractivity contribution is 5.77. The third kappa shape index (κ3) is 6.16. The molecule has 1 aliphatic rings. The number of hydrogen-bond donors (Lipinski definition) is 2. The van der Waals surface area contributed by atoms with Crippen molar-refractivity contribution < 1.29 is 14.5 Å². The van der Waals surface area contributed by atoms with Gasteiger partial charge in [0.05, 0.1) is 4.92 Å². The molecule has 1 aromatic carbocycles. The molecule has 132 valence electrons. The average Bonchev–Trinajstić information content (AvgIpc) is 2.86. The SMILES string of the molecule is O=C(COc1ccccc1[N+](=O)[O-])NCCNC1CCCCCC1. The Morgan fingerprint density at radius 3 is 2.58 bits per heavy atom. The smallest absolute Gasteiger partial charge is 0.310 e. The Balaban J connectivity index is 1.64. The summed E-state index contributed by atoms with van der Waals surface area (Å²) < 4.78 is 5.25. The molecule has 0 atom stereocenters. The maximum Gasteiger partial charge on any atom is 0.310 e. The minimum Gasteiger partial charge on any atom is -0.477 e. The molecule has 7 heteroatoms. The molecule has 1 aliphatic carbocycles. The van der Waals surface area contributed by atoms with Crippen molar-refractivity contribution in [1.29, 1.82) is 0 Å². The van der Waals surface area contributed by atoms with E-state index >= 15 is 0 Å². The van der Waals surface area contributed by atoms with E-state index < -0.39 is 4.92 Å². The molecular weight excluding hydrogens is 310 g/mol. The van der Waals surface area contributed by atoms with Gasteiger partial charge in [-0.15, -0.1) is 0 Å². The number of carbonyl (C=O) groups is 1. The first-order valence-electron chi connectivity index (χ1n) is 8.53. The summed E-state index contributed by atoms with van der Waals surface area (Å²) in [7, 11) is 0. The van der Waals surface area contributed by atoms with Crippen LogP contribution in [0.1, 0.15) is 38.5 Å². The van der Waals surface area contributed by atoms with E-state index in [0.717, 1.165) is 6.54 Å². The molecule has 1 aromatic rings. The molecule has 0 aliphatic heterocycles. The second kappa shape index (κ2) is 9.87. The largest absolute Gasteiger partial charge is 0.477 e. The highest BCUT2D eigenvalue weighted by Gasteiger charge is 2.15. The normalized spacial score (nSPS) is 15.5. The van der Waals surface area contributed by atoms with E-state index in [1.807, 2.05) is 0 Å². The molecule has 0 spiro atoms. The predicted molar refractivity (Wildman–Crippen MR) is 91.1 cm³/mol. The molecule has 1 fully saturated rings. The van der Waals surface area contributed by atoms with Crippen LogP contribution >= 0.6 is 0 Å². The summed E-state index contributed by atoms with van der Waals surface area (Å²) in [5.74, 6) is -0.176. The van der Waals surface area contributed by atoms with Crippen molar-refractivity contribution in [2.75, 3.05) is 19.7 Å². The van der Waals surface area contributed by atoms with Crippen molar-refractivity contribution in [3.63, 3.8) is 0 Å². The average molecular weight is 335 g/mol. The van der Waals surface area contributed by atoms with Crippen LogP contribution in [0.15, 0.2) is 24.3 Å². The van der Waals surface area contributed by atoms with Crippen LogP contribution in [0, 0.1) is 10.1 Å². The summed E-state index contributed by atoms with van der Waals surface area (Å²) >= 11 is 0. The van der Waals surface area contributed by atoms with Crippen molar-refractivity contribution in [3.8, 4) is 5.75 Å². The molecule has 7 nitrogen and oxygen atoms in total. The zero-order valence-electron chi connectivity index (χ0n) is 13.8. The molecule has 2 N–H and O–H groups in total. The van der Waals surface area contributed by atoms with Gasteiger partial charge in [0.2, 0.25) is 0 Å². The Morgan fingerprint density at radius 1 is 1.17 bits per heavy atom. The molecule has 24 heavy (non-hydrogen) atoms. The molecule has 0 unspecified atom stereocenters. The number of hydrogen-bond acceptors (Lipinski definition) is 5. The monoisotopic (exact) mass is 335 g/mol. The molecule has 2 rings (SSSR count). The molecule has 0 heterocycles. The number of amides is 1. The van der Waals surface area contributed by atoms with E-state index in [-0.39, 0.29) is 24.0 Å². The fourth-order valence-electron chi connectivity index (χ4n) is 2.89. The minimum absolute atomic E-state index is 0.106. The van der Waals surface area contributed by atoms with Crippen LogP contribution in [0.2, 0.25) is 0 Å². The Labute approximate surface area is 141 Å². The van der Waals surface area contributed by atoms with Crippen molar-refractivity contribution in [2.24, 2.45) is 0 Å². The standard InChI is InChI=1S/C17H25N3O4/c21-17(13-24-16-10-6-5-9-15(16)20(22)23)19-12-11-18-14-7-3-1-2-4-8-14/h5-6,9-10,14,18H,1-4,7-8,11-13H2,(H,19,21). The predicted octanol–water partition coefficient (Wildman–Crippen LogP) is 2.40. The maximum absolute atomic E-state index is 11.8. The molecular formula is C17H25N3O4. The van der Waals surface area contributed by atoms with Gasteiger partial charge in [-0.1, -0.05) is 37.8 Å². The van der Waals surface area contributed by atoms with Crippen LogP contribution in [0.4, 0.5) is 5.69 Å². The fourth-order valence-corrected chi connectivity index (χ4v) is 2.89. The number of rotatable bonds is 8. The zero-order valence-corrected chi connectivity index (χ0v) is 13.8. The lowest BCUT2D eigenvalue weighted by atomic mass is 10.1. The lowest BCUT2D eigenvalue weighted by Gasteiger charge is -2.16. The maximum atomic E-state index is 11.8. The summed E-state index contributed by atoms with van der Waals surface area (Å²) in [5.41, 5.74) is -0.139. The van der Waals surface area contributed by atoms with Crippen LogP contribution < -0.4 is 15.4 Å². The Bertz CT molecular complexity index is 542. The van der Waals surface area contributed by atoms with Crippen LogP contribution in [-0.4, -0.2) is 36.6 Å². The third-order valence-electron chi connectivity index (χ3n) is 4.16. The highest BCUT2D eigenvalue weighted by atomic mass is 16.6. The number of ether oxygens (including phenoxy) is 1. The van der Waals surface area contributed by atoms with Crippen molar-refractivity contribution in [1.82, 2.24) is 10.6 Å². The molecule has 1 amide bonds. The summed E-state index contributed by atoms with van der Waals surface area (Å²) in [6.07, 6.45) is 7.58. The molecule has 0 aromatic heterocycles. The van der Waals surface area contributed by atoms with E-state index in [2.05, 4.69) is 10.6 Å². The van der Waals surface area contributed by atoms with Crippen LogP contribution in [-0.2, 0) is 4.79 Å². The minimum atomic E-state index is -0.524. The van der Waals surface area contributed by atoms with E-state index in [4.69, 9.17) is 4.74 Å². The van der Waals surface area contributed by atoms with E-state index in [0.29, 0.717) is 12.6 Å². The number of nitro groups is 1. The number of para-hydroxylation sites is 2. The Kier molecular flexibility index (Phi) is 7.48. The fraction of sp³-hybridized carbons (Fsp3) is 0.588. The first-order chi connectivity index (χ1) is 11.7. The van der Waals surface area contributed by atoms with Gasteiger partial charge in [0.25, 0.3) is 5.91 Å². The van der Waals surface area contributed by atoms with Crippen molar-refractivity contribution >= 4 is 11.6 Å². The number of nitro benzene ring substituents is 1. The second-order valence-electron chi connectivity index (χ2n) is 6.01. The lowest BCUT2D eigenvalue weighted by Crippen LogP contribution is -2.38.